The Labute approximate surface area is 122 Å². The number of hydrogen-bond acceptors (Lipinski definition) is 2. The normalized spacial score (nSPS) is 31.6. The lowest BCUT2D eigenvalue weighted by Crippen LogP contribution is -2.58. The molecule has 1 aromatic rings. The van der Waals surface area contributed by atoms with Crippen molar-refractivity contribution in [2.24, 2.45) is 17.6 Å². The van der Waals surface area contributed by atoms with Crippen molar-refractivity contribution in [3.05, 3.63) is 48.0 Å². The van der Waals surface area contributed by atoms with Gasteiger partial charge in [-0.15, -0.1) is 6.58 Å². The highest BCUT2D eigenvalue weighted by atomic mass is 15.0. The Morgan fingerprint density at radius 2 is 1.80 bits per heavy atom. The van der Waals surface area contributed by atoms with Crippen LogP contribution in [0.3, 0.4) is 0 Å². The third-order valence-corrected chi connectivity index (χ3v) is 5.51. The highest BCUT2D eigenvalue weighted by molar-refractivity contribution is 5.32. The van der Waals surface area contributed by atoms with Crippen LogP contribution in [0, 0.1) is 11.8 Å². The van der Waals surface area contributed by atoms with E-state index in [-0.39, 0.29) is 5.54 Å². The Kier molecular flexibility index (Phi) is 3.95. The lowest BCUT2D eigenvalue weighted by molar-refractivity contribution is 0.196. The molecule has 3 N–H and O–H groups in total. The predicted octanol–water partition coefficient (Wildman–Crippen LogP) is 2.67. The number of nitrogens with two attached hydrogens (primary N) is 1. The third kappa shape index (κ3) is 2.21. The molecule has 2 nitrogen and oxygen atoms in total. The molecule has 2 bridgehead atoms. The zero-order valence-corrected chi connectivity index (χ0v) is 12.3. The van der Waals surface area contributed by atoms with Gasteiger partial charge in [-0.25, -0.2) is 0 Å². The van der Waals surface area contributed by atoms with Crippen LogP contribution < -0.4 is 11.1 Å². The van der Waals surface area contributed by atoms with Crippen molar-refractivity contribution in [3.8, 4) is 0 Å². The summed E-state index contributed by atoms with van der Waals surface area (Å²) in [4.78, 5) is 0. The first-order chi connectivity index (χ1) is 9.80. The molecule has 0 amide bonds. The predicted molar refractivity (Wildman–Crippen MR) is 84.7 cm³/mol. The van der Waals surface area contributed by atoms with Crippen molar-refractivity contribution in [1.82, 2.24) is 5.32 Å². The fraction of sp³-hybridized carbons (Fsp3) is 0.556. The molecule has 0 heterocycles. The maximum Gasteiger partial charge on any atom is 0.0367 e. The van der Waals surface area contributed by atoms with E-state index in [1.165, 1.54) is 25.7 Å². The molecule has 0 aliphatic heterocycles. The van der Waals surface area contributed by atoms with Gasteiger partial charge in [-0.3, -0.25) is 0 Å². The van der Waals surface area contributed by atoms with Crippen LogP contribution >= 0.6 is 0 Å². The molecular weight excluding hydrogens is 244 g/mol. The molecule has 2 atom stereocenters. The minimum atomic E-state index is 0.141. The molecule has 0 radical (unpaired) electrons. The fourth-order valence-corrected chi connectivity index (χ4v) is 4.41. The first-order valence-electron chi connectivity index (χ1n) is 7.93. The maximum absolute atomic E-state index is 6.26. The summed E-state index contributed by atoms with van der Waals surface area (Å²) >= 11 is 0. The summed E-state index contributed by atoms with van der Waals surface area (Å²) in [7, 11) is 0. The smallest absolute Gasteiger partial charge is 0.0367 e. The maximum atomic E-state index is 6.26. The summed E-state index contributed by atoms with van der Waals surface area (Å²) in [5.41, 5.74) is 9.49. The van der Waals surface area contributed by atoms with E-state index < -0.39 is 0 Å². The van der Waals surface area contributed by atoms with Crippen LogP contribution in [0.2, 0.25) is 0 Å². The van der Waals surface area contributed by atoms with E-state index in [1.54, 1.807) is 11.1 Å². The Balaban J connectivity index is 1.88. The van der Waals surface area contributed by atoms with Gasteiger partial charge < -0.3 is 11.1 Å². The standard InChI is InChI=1S/C18H26N2/c1-2-3-10-20-18(13-19)16-8-9-17(18)12-15-7-5-4-6-14(15)11-16/h2,4-7,16-17,20H,1,3,8-13,19H2. The lowest BCUT2D eigenvalue weighted by Gasteiger charge is -2.39. The molecule has 2 unspecified atom stereocenters. The largest absolute Gasteiger partial charge is 0.329 e. The lowest BCUT2D eigenvalue weighted by atomic mass is 9.78. The SMILES string of the molecule is C=CCCNC1(CN)C2CCC1Cc1ccccc1C2. The van der Waals surface area contributed by atoms with Crippen LogP contribution in [-0.2, 0) is 12.8 Å². The average Bonchev–Trinajstić information content (AvgIpc) is 2.71. The minimum absolute atomic E-state index is 0.141. The summed E-state index contributed by atoms with van der Waals surface area (Å²) in [5, 5.41) is 3.83. The van der Waals surface area contributed by atoms with Crippen molar-refractivity contribution in [3.63, 3.8) is 0 Å². The Bertz CT molecular complexity index is 447. The van der Waals surface area contributed by atoms with Crippen molar-refractivity contribution < 1.29 is 0 Å². The molecule has 20 heavy (non-hydrogen) atoms. The van der Waals surface area contributed by atoms with Gasteiger partial charge in [0, 0.05) is 12.1 Å². The zero-order chi connectivity index (χ0) is 14.0. The summed E-state index contributed by atoms with van der Waals surface area (Å²) < 4.78 is 0. The van der Waals surface area contributed by atoms with Crippen molar-refractivity contribution >= 4 is 0 Å². The van der Waals surface area contributed by atoms with Gasteiger partial charge in [-0.05, 0) is 61.6 Å². The molecule has 2 heteroatoms. The van der Waals surface area contributed by atoms with E-state index in [9.17, 15) is 0 Å². The quantitative estimate of drug-likeness (QED) is 0.638. The highest BCUT2D eigenvalue weighted by Gasteiger charge is 2.50. The molecule has 3 rings (SSSR count). The fourth-order valence-electron chi connectivity index (χ4n) is 4.41. The van der Waals surface area contributed by atoms with E-state index >= 15 is 0 Å². The third-order valence-electron chi connectivity index (χ3n) is 5.51. The van der Waals surface area contributed by atoms with Gasteiger partial charge in [0.25, 0.3) is 0 Å². The number of rotatable bonds is 5. The molecule has 1 saturated carbocycles. The van der Waals surface area contributed by atoms with E-state index in [4.69, 9.17) is 5.73 Å². The van der Waals surface area contributed by atoms with Gasteiger partial charge in [-0.2, -0.15) is 0 Å². The second-order valence-electron chi connectivity index (χ2n) is 6.40. The summed E-state index contributed by atoms with van der Waals surface area (Å²) in [6.07, 6.45) is 8.02. The second-order valence-corrected chi connectivity index (χ2v) is 6.40. The molecule has 0 spiro atoms. The topological polar surface area (TPSA) is 38.0 Å². The van der Waals surface area contributed by atoms with E-state index in [1.807, 2.05) is 6.08 Å². The zero-order valence-electron chi connectivity index (χ0n) is 12.3. The molecule has 0 aromatic heterocycles. The average molecular weight is 270 g/mol. The van der Waals surface area contributed by atoms with Crippen molar-refractivity contribution in [1.29, 1.82) is 0 Å². The second kappa shape index (κ2) is 5.71. The number of fused-ring (bicyclic) bond motifs is 3. The van der Waals surface area contributed by atoms with Crippen molar-refractivity contribution in [2.45, 2.75) is 37.6 Å². The molecule has 2 aliphatic carbocycles. The Hall–Kier alpha value is -1.12. The van der Waals surface area contributed by atoms with Crippen LogP contribution in [0.4, 0.5) is 0 Å². The highest BCUT2D eigenvalue weighted by Crippen LogP contribution is 2.46. The monoisotopic (exact) mass is 270 g/mol. The van der Waals surface area contributed by atoms with Gasteiger partial charge in [0.1, 0.15) is 0 Å². The number of hydrogen-bond donors (Lipinski definition) is 2. The van der Waals surface area contributed by atoms with E-state index in [0.29, 0.717) is 11.8 Å². The van der Waals surface area contributed by atoms with Crippen LogP contribution in [0.25, 0.3) is 0 Å². The van der Waals surface area contributed by atoms with Gasteiger partial charge in [-0.1, -0.05) is 30.3 Å². The Morgan fingerprint density at radius 3 is 2.30 bits per heavy atom. The summed E-state index contributed by atoms with van der Waals surface area (Å²) in [6.45, 7) is 5.59. The van der Waals surface area contributed by atoms with Gasteiger partial charge in [0.05, 0.1) is 0 Å². The number of benzene rings is 1. The van der Waals surface area contributed by atoms with E-state index in [0.717, 1.165) is 19.5 Å². The van der Waals surface area contributed by atoms with Gasteiger partial charge in [0.15, 0.2) is 0 Å². The molecule has 0 saturated heterocycles. The first-order valence-corrected chi connectivity index (χ1v) is 7.93. The van der Waals surface area contributed by atoms with E-state index in [2.05, 4.69) is 36.2 Å². The first kappa shape index (κ1) is 13.8. The molecule has 2 aliphatic rings. The summed E-state index contributed by atoms with van der Waals surface area (Å²) in [5.74, 6) is 1.37. The summed E-state index contributed by atoms with van der Waals surface area (Å²) in [6, 6.07) is 8.96. The molecular formula is C18H26N2. The van der Waals surface area contributed by atoms with Gasteiger partial charge >= 0.3 is 0 Å². The van der Waals surface area contributed by atoms with Crippen LogP contribution in [0.5, 0.6) is 0 Å². The van der Waals surface area contributed by atoms with Crippen LogP contribution in [0.1, 0.15) is 30.4 Å². The van der Waals surface area contributed by atoms with Crippen LogP contribution in [-0.4, -0.2) is 18.6 Å². The minimum Gasteiger partial charge on any atom is -0.329 e. The Morgan fingerprint density at radius 1 is 1.20 bits per heavy atom. The molecule has 108 valence electrons. The van der Waals surface area contributed by atoms with Crippen LogP contribution in [0.15, 0.2) is 36.9 Å². The molecule has 1 fully saturated rings. The van der Waals surface area contributed by atoms with Crippen molar-refractivity contribution in [2.75, 3.05) is 13.1 Å². The van der Waals surface area contributed by atoms with Gasteiger partial charge in [0.2, 0.25) is 0 Å². The number of nitrogens with one attached hydrogen (secondary N) is 1. The molecule has 1 aromatic carbocycles.